The molecule has 1 aromatic carbocycles. The summed E-state index contributed by atoms with van der Waals surface area (Å²) in [6, 6.07) is 6.12. The zero-order valence-electron chi connectivity index (χ0n) is 23.4. The zero-order chi connectivity index (χ0) is 31.7. The second-order valence-electron chi connectivity index (χ2n) is 10.5. The largest absolute Gasteiger partial charge is 0.394 e. The summed E-state index contributed by atoms with van der Waals surface area (Å²) < 4.78 is 39.2. The molecular formula is C26H42N2O13S2. The molecule has 1 aromatic rings. The molecule has 43 heavy (non-hydrogen) atoms. The van der Waals surface area contributed by atoms with Crippen LogP contribution in [0.3, 0.4) is 0 Å². The molecule has 0 aromatic heterocycles. The maximum atomic E-state index is 12.1. The van der Waals surface area contributed by atoms with Crippen LogP contribution >= 0.6 is 11.8 Å². The van der Waals surface area contributed by atoms with Gasteiger partial charge in [0, 0.05) is 18.7 Å². The van der Waals surface area contributed by atoms with Crippen LogP contribution in [0, 0.1) is 0 Å². The number of nitrogens with two attached hydrogens (primary N) is 1. The Morgan fingerprint density at radius 2 is 1.53 bits per heavy atom. The van der Waals surface area contributed by atoms with Crippen molar-refractivity contribution in [2.45, 2.75) is 91.8 Å². The zero-order valence-corrected chi connectivity index (χ0v) is 25.1. The molecule has 10 atom stereocenters. The van der Waals surface area contributed by atoms with Crippen LogP contribution in [0.2, 0.25) is 0 Å². The number of sulfonamides is 1. The summed E-state index contributed by atoms with van der Waals surface area (Å²) in [6.45, 7) is -0.870. The Labute approximate surface area is 254 Å². The number of hydrogen-bond acceptors (Lipinski definition) is 14. The molecule has 2 aliphatic rings. The van der Waals surface area contributed by atoms with Gasteiger partial charge in [-0.1, -0.05) is 12.1 Å². The molecule has 0 spiro atoms. The standard InChI is InChI=1S/C26H42N2O13S2/c27-43(37,38)15-5-3-14(4-6-15)7-9-28-19(31)8-11-42-10-1-2-16-20(32)23(35)25(18(13-30)39-16)41-26-24(36)22(34)21(33)17(12-29)40-26/h3-6,16-18,20-26,29-30,32-36H,1-2,7-13H2,(H,28,31)(H2,27,37,38)/t16-,17+,18+,20-,21+,22-,23+,24+,25+,26-/m0/s1. The van der Waals surface area contributed by atoms with Gasteiger partial charge in [-0.2, -0.15) is 11.8 Å². The highest BCUT2D eigenvalue weighted by atomic mass is 32.2. The van der Waals surface area contributed by atoms with Crippen molar-refractivity contribution in [2.75, 3.05) is 31.3 Å². The lowest BCUT2D eigenvalue weighted by atomic mass is 9.92. The highest BCUT2D eigenvalue weighted by Crippen LogP contribution is 2.30. The number of aliphatic hydroxyl groups excluding tert-OH is 7. The molecule has 0 unspecified atom stereocenters. The number of amides is 1. The maximum absolute atomic E-state index is 12.1. The lowest BCUT2D eigenvalue weighted by Crippen LogP contribution is -2.64. The normalized spacial score (nSPS) is 33.3. The summed E-state index contributed by atoms with van der Waals surface area (Å²) in [4.78, 5) is 12.1. The molecule has 2 aliphatic heterocycles. The third kappa shape index (κ3) is 10.0. The van der Waals surface area contributed by atoms with Crippen LogP contribution in [0.5, 0.6) is 0 Å². The molecule has 1 amide bonds. The number of nitrogens with one attached hydrogen (secondary N) is 1. The molecule has 0 aliphatic carbocycles. The van der Waals surface area contributed by atoms with Gasteiger partial charge in [-0.15, -0.1) is 0 Å². The number of thioether (sulfide) groups is 1. The number of hydrogen-bond donors (Lipinski definition) is 9. The van der Waals surface area contributed by atoms with E-state index < -0.39 is 84.5 Å². The third-order valence-corrected chi connectivity index (χ3v) is 9.34. The molecular weight excluding hydrogens is 612 g/mol. The van der Waals surface area contributed by atoms with E-state index in [2.05, 4.69) is 5.32 Å². The van der Waals surface area contributed by atoms with E-state index in [4.69, 9.17) is 19.3 Å². The average Bonchev–Trinajstić information content (AvgIpc) is 2.98. The minimum Gasteiger partial charge on any atom is -0.394 e. The minimum atomic E-state index is -3.75. The summed E-state index contributed by atoms with van der Waals surface area (Å²) in [5, 5.41) is 78.5. The van der Waals surface area contributed by atoms with E-state index in [0.717, 1.165) is 5.56 Å². The van der Waals surface area contributed by atoms with Gasteiger partial charge in [0.2, 0.25) is 15.9 Å². The van der Waals surface area contributed by atoms with Crippen LogP contribution in [0.25, 0.3) is 0 Å². The summed E-state index contributed by atoms with van der Waals surface area (Å²) in [5.41, 5.74) is 0.856. The fourth-order valence-corrected chi connectivity index (χ4v) is 6.26. The van der Waals surface area contributed by atoms with E-state index in [1.54, 1.807) is 12.1 Å². The van der Waals surface area contributed by atoms with E-state index in [9.17, 15) is 49.0 Å². The second kappa shape index (κ2) is 16.7. The second-order valence-corrected chi connectivity index (χ2v) is 13.3. The number of rotatable bonds is 15. The predicted octanol–water partition coefficient (Wildman–Crippen LogP) is -3.44. The van der Waals surface area contributed by atoms with Gasteiger partial charge in [0.15, 0.2) is 6.29 Å². The van der Waals surface area contributed by atoms with E-state index in [0.29, 0.717) is 43.7 Å². The smallest absolute Gasteiger partial charge is 0.238 e. The van der Waals surface area contributed by atoms with Crippen molar-refractivity contribution >= 4 is 27.7 Å². The molecule has 2 fully saturated rings. The molecule has 15 nitrogen and oxygen atoms in total. The van der Waals surface area contributed by atoms with Gasteiger partial charge in [0.25, 0.3) is 0 Å². The summed E-state index contributed by atoms with van der Waals surface area (Å²) in [6.07, 6.45) is -12.3. The van der Waals surface area contributed by atoms with Gasteiger partial charge in [0.1, 0.15) is 48.8 Å². The molecule has 2 heterocycles. The van der Waals surface area contributed by atoms with Gasteiger partial charge in [-0.3, -0.25) is 4.79 Å². The molecule has 3 rings (SSSR count). The lowest BCUT2D eigenvalue weighted by molar-refractivity contribution is -0.342. The number of ether oxygens (including phenoxy) is 3. The van der Waals surface area contributed by atoms with Gasteiger partial charge >= 0.3 is 0 Å². The van der Waals surface area contributed by atoms with Crippen molar-refractivity contribution in [3.63, 3.8) is 0 Å². The molecule has 2 saturated heterocycles. The first-order valence-electron chi connectivity index (χ1n) is 13.9. The highest BCUT2D eigenvalue weighted by molar-refractivity contribution is 7.99. The Bertz CT molecular complexity index is 1110. The molecule has 0 saturated carbocycles. The maximum Gasteiger partial charge on any atom is 0.238 e. The third-order valence-electron chi connectivity index (χ3n) is 7.34. The molecule has 246 valence electrons. The Morgan fingerprint density at radius 1 is 0.884 bits per heavy atom. The summed E-state index contributed by atoms with van der Waals surface area (Å²) >= 11 is 1.53. The predicted molar refractivity (Wildman–Crippen MR) is 152 cm³/mol. The van der Waals surface area contributed by atoms with Crippen LogP contribution in [-0.4, -0.2) is 143 Å². The number of carbonyl (C=O) groups is 1. The molecule has 17 heteroatoms. The van der Waals surface area contributed by atoms with Crippen molar-refractivity contribution in [2.24, 2.45) is 5.14 Å². The van der Waals surface area contributed by atoms with Crippen LogP contribution in [0.4, 0.5) is 0 Å². The van der Waals surface area contributed by atoms with Crippen molar-refractivity contribution in [1.82, 2.24) is 5.32 Å². The van der Waals surface area contributed by atoms with E-state index >= 15 is 0 Å². The number of benzene rings is 1. The first-order chi connectivity index (χ1) is 20.4. The Kier molecular flexibility index (Phi) is 14.0. The Hall–Kier alpha value is -1.45. The monoisotopic (exact) mass is 654 g/mol. The van der Waals surface area contributed by atoms with Crippen molar-refractivity contribution in [1.29, 1.82) is 0 Å². The highest BCUT2D eigenvalue weighted by Gasteiger charge is 2.50. The van der Waals surface area contributed by atoms with Crippen LogP contribution < -0.4 is 10.5 Å². The molecule has 10 N–H and O–H groups in total. The topological polar surface area (TPSA) is 259 Å². The minimum absolute atomic E-state index is 0.0244. The Morgan fingerprint density at radius 3 is 2.16 bits per heavy atom. The van der Waals surface area contributed by atoms with Gasteiger partial charge in [0.05, 0.1) is 24.2 Å². The van der Waals surface area contributed by atoms with Gasteiger partial charge in [-0.25, -0.2) is 13.6 Å². The van der Waals surface area contributed by atoms with Crippen LogP contribution in [-0.2, 0) is 35.4 Å². The number of primary sulfonamides is 1. The molecule has 0 bridgehead atoms. The molecule has 0 radical (unpaired) electrons. The Balaban J connectivity index is 1.34. The van der Waals surface area contributed by atoms with E-state index in [-0.39, 0.29) is 10.8 Å². The van der Waals surface area contributed by atoms with E-state index in [1.165, 1.54) is 23.9 Å². The van der Waals surface area contributed by atoms with Crippen molar-refractivity contribution < 1.29 is 63.2 Å². The fraction of sp³-hybridized carbons (Fsp3) is 0.731. The van der Waals surface area contributed by atoms with Crippen LogP contribution in [0.15, 0.2) is 29.2 Å². The van der Waals surface area contributed by atoms with Crippen LogP contribution in [0.1, 0.15) is 24.8 Å². The summed E-state index contributed by atoms with van der Waals surface area (Å²) in [7, 11) is -3.75. The number of carbonyl (C=O) groups excluding carboxylic acids is 1. The SMILES string of the molecule is NS(=O)(=O)c1ccc(CCNC(=O)CCSCCC[C@@H]2O[C@H](CO)[C@@H](O[C@@H]3O[C@H](CO)[C@@H](O)[C@H](O)[C@H]3O)[C@H](O)[C@H]2O)cc1. The lowest BCUT2D eigenvalue weighted by Gasteiger charge is -2.46. The fourth-order valence-electron chi connectivity index (χ4n) is 4.84. The average molecular weight is 655 g/mol. The number of aliphatic hydroxyl groups is 7. The van der Waals surface area contributed by atoms with Gasteiger partial charge < -0.3 is 55.3 Å². The first-order valence-corrected chi connectivity index (χ1v) is 16.6. The summed E-state index contributed by atoms with van der Waals surface area (Å²) in [5.74, 6) is 1.07. The van der Waals surface area contributed by atoms with Crippen molar-refractivity contribution in [3.05, 3.63) is 29.8 Å². The first kappa shape index (κ1) is 36.0. The van der Waals surface area contributed by atoms with E-state index in [1.807, 2.05) is 0 Å². The van der Waals surface area contributed by atoms with Gasteiger partial charge in [-0.05, 0) is 42.7 Å². The quantitative estimate of drug-likeness (QED) is 0.0834. The van der Waals surface area contributed by atoms with Crippen molar-refractivity contribution in [3.8, 4) is 0 Å².